The van der Waals surface area contributed by atoms with E-state index in [1.165, 1.54) is 49.4 Å². The predicted octanol–water partition coefficient (Wildman–Crippen LogP) is 3.43. The zero-order valence-corrected chi connectivity index (χ0v) is 11.4. The van der Waals surface area contributed by atoms with Crippen LogP contribution in [0.3, 0.4) is 0 Å². The third kappa shape index (κ3) is 2.73. The zero-order valence-electron chi connectivity index (χ0n) is 10.6. The van der Waals surface area contributed by atoms with E-state index in [-0.39, 0.29) is 0 Å². The molecule has 3 heteroatoms. The number of amidine groups is 1. The monoisotopic (exact) mass is 240 g/mol. The smallest absolute Gasteiger partial charge is 0.156 e. The van der Waals surface area contributed by atoms with Gasteiger partial charge in [0.05, 0.1) is 0 Å². The molecule has 1 fully saturated rings. The van der Waals surface area contributed by atoms with Crippen molar-refractivity contribution in [3.63, 3.8) is 0 Å². The first kappa shape index (κ1) is 12.3. The molecule has 0 amide bonds. The fourth-order valence-electron chi connectivity index (χ4n) is 2.56. The van der Waals surface area contributed by atoms with Gasteiger partial charge in [0.25, 0.3) is 0 Å². The van der Waals surface area contributed by atoms with Gasteiger partial charge in [0.2, 0.25) is 0 Å². The molecule has 0 atom stereocenters. The van der Waals surface area contributed by atoms with E-state index in [4.69, 9.17) is 4.99 Å². The molecule has 16 heavy (non-hydrogen) atoms. The van der Waals surface area contributed by atoms with Gasteiger partial charge in [0.15, 0.2) is 5.17 Å². The molecular formula is C13H24N2S. The summed E-state index contributed by atoms with van der Waals surface area (Å²) in [7, 11) is 0. The molecule has 1 heterocycles. The molecule has 0 aromatic rings. The van der Waals surface area contributed by atoms with Gasteiger partial charge in [-0.25, -0.2) is 0 Å². The first-order valence-electron chi connectivity index (χ1n) is 6.72. The van der Waals surface area contributed by atoms with E-state index in [0.29, 0.717) is 11.5 Å². The number of thioether (sulfide) groups is 1. The molecule has 1 aliphatic heterocycles. The Labute approximate surface area is 104 Å². The van der Waals surface area contributed by atoms with Crippen LogP contribution in [-0.4, -0.2) is 23.5 Å². The average molecular weight is 240 g/mol. The number of rotatable bonds is 3. The number of hydrogen-bond acceptors (Lipinski definition) is 3. The summed E-state index contributed by atoms with van der Waals surface area (Å²) < 4.78 is 0. The maximum atomic E-state index is 4.76. The molecule has 0 bridgehead atoms. The van der Waals surface area contributed by atoms with Crippen LogP contribution in [0.4, 0.5) is 0 Å². The predicted molar refractivity (Wildman–Crippen MR) is 73.2 cm³/mol. The van der Waals surface area contributed by atoms with Gasteiger partial charge in [-0.05, 0) is 31.1 Å². The molecule has 0 aromatic carbocycles. The second-order valence-electron chi connectivity index (χ2n) is 5.24. The second kappa shape index (κ2) is 5.44. The summed E-state index contributed by atoms with van der Waals surface area (Å²) in [6, 6.07) is 0.710. The standard InChI is InChI=1S/C13H24N2S/c1-3-13(4-2)9-14-12(16-10-13)15-11-7-5-6-8-11/h11H,3-10H2,1-2H3,(H,14,15). The summed E-state index contributed by atoms with van der Waals surface area (Å²) in [5.74, 6) is 1.25. The zero-order chi connectivity index (χ0) is 11.4. The van der Waals surface area contributed by atoms with Crippen LogP contribution < -0.4 is 5.32 Å². The van der Waals surface area contributed by atoms with Crippen molar-refractivity contribution < 1.29 is 0 Å². The Hall–Kier alpha value is -0.180. The van der Waals surface area contributed by atoms with E-state index >= 15 is 0 Å². The van der Waals surface area contributed by atoms with Gasteiger partial charge >= 0.3 is 0 Å². The quantitative estimate of drug-likeness (QED) is 0.817. The maximum Gasteiger partial charge on any atom is 0.156 e. The Balaban J connectivity index is 1.87. The highest BCUT2D eigenvalue weighted by molar-refractivity contribution is 8.13. The lowest BCUT2D eigenvalue weighted by molar-refractivity contribution is 0.318. The third-order valence-corrected chi connectivity index (χ3v) is 5.53. The number of hydrogen-bond donors (Lipinski definition) is 1. The highest BCUT2D eigenvalue weighted by atomic mass is 32.2. The fourth-order valence-corrected chi connectivity index (χ4v) is 3.91. The lowest BCUT2D eigenvalue weighted by Gasteiger charge is -2.34. The van der Waals surface area contributed by atoms with Crippen molar-refractivity contribution >= 4 is 16.9 Å². The number of nitrogens with one attached hydrogen (secondary N) is 1. The lowest BCUT2D eigenvalue weighted by atomic mass is 9.84. The van der Waals surface area contributed by atoms with E-state index in [2.05, 4.69) is 19.2 Å². The Morgan fingerprint density at radius 2 is 2.00 bits per heavy atom. The minimum Gasteiger partial charge on any atom is -0.362 e. The van der Waals surface area contributed by atoms with Gasteiger partial charge in [-0.2, -0.15) is 0 Å². The minimum atomic E-state index is 0.478. The fraction of sp³-hybridized carbons (Fsp3) is 0.923. The third-order valence-electron chi connectivity index (χ3n) is 4.26. The summed E-state index contributed by atoms with van der Waals surface area (Å²) in [6.45, 7) is 5.63. The van der Waals surface area contributed by atoms with Crippen molar-refractivity contribution in [2.24, 2.45) is 10.4 Å². The van der Waals surface area contributed by atoms with Gasteiger partial charge in [-0.3, -0.25) is 4.99 Å². The summed E-state index contributed by atoms with van der Waals surface area (Å²) in [5, 5.41) is 4.83. The van der Waals surface area contributed by atoms with Crippen molar-refractivity contribution in [3.8, 4) is 0 Å². The molecule has 0 spiro atoms. The molecule has 1 aliphatic carbocycles. The van der Waals surface area contributed by atoms with Crippen LogP contribution in [0.5, 0.6) is 0 Å². The summed E-state index contributed by atoms with van der Waals surface area (Å²) in [5.41, 5.74) is 0.478. The summed E-state index contributed by atoms with van der Waals surface area (Å²) in [4.78, 5) is 4.76. The summed E-state index contributed by atoms with van der Waals surface area (Å²) >= 11 is 1.95. The Kier molecular flexibility index (Phi) is 4.17. The van der Waals surface area contributed by atoms with Crippen LogP contribution >= 0.6 is 11.8 Å². The Morgan fingerprint density at radius 1 is 1.31 bits per heavy atom. The van der Waals surface area contributed by atoms with Crippen molar-refractivity contribution in [3.05, 3.63) is 0 Å². The van der Waals surface area contributed by atoms with E-state index in [0.717, 1.165) is 6.54 Å². The molecule has 0 radical (unpaired) electrons. The van der Waals surface area contributed by atoms with Gasteiger partial charge in [-0.15, -0.1) is 0 Å². The average Bonchev–Trinajstić information content (AvgIpc) is 2.83. The largest absolute Gasteiger partial charge is 0.362 e. The van der Waals surface area contributed by atoms with E-state index in [1.807, 2.05) is 11.8 Å². The minimum absolute atomic E-state index is 0.478. The van der Waals surface area contributed by atoms with Crippen LogP contribution in [0.2, 0.25) is 0 Å². The molecule has 1 saturated carbocycles. The second-order valence-corrected chi connectivity index (χ2v) is 6.21. The lowest BCUT2D eigenvalue weighted by Crippen LogP contribution is -2.38. The highest BCUT2D eigenvalue weighted by Crippen LogP contribution is 2.35. The molecular weight excluding hydrogens is 216 g/mol. The Morgan fingerprint density at radius 3 is 2.50 bits per heavy atom. The van der Waals surface area contributed by atoms with E-state index in [9.17, 15) is 0 Å². The van der Waals surface area contributed by atoms with Gasteiger partial charge < -0.3 is 5.32 Å². The van der Waals surface area contributed by atoms with Crippen LogP contribution in [0.15, 0.2) is 4.99 Å². The first-order valence-corrected chi connectivity index (χ1v) is 7.70. The first-order chi connectivity index (χ1) is 7.78. The molecule has 0 saturated heterocycles. The van der Waals surface area contributed by atoms with E-state index in [1.54, 1.807) is 0 Å². The normalized spacial score (nSPS) is 25.5. The van der Waals surface area contributed by atoms with Crippen LogP contribution in [0.1, 0.15) is 52.4 Å². The van der Waals surface area contributed by atoms with Gasteiger partial charge in [0.1, 0.15) is 0 Å². The van der Waals surface area contributed by atoms with Crippen molar-refractivity contribution in [1.82, 2.24) is 5.32 Å². The highest BCUT2D eigenvalue weighted by Gasteiger charge is 2.30. The molecule has 0 aromatic heterocycles. The van der Waals surface area contributed by atoms with Crippen molar-refractivity contribution in [2.45, 2.75) is 58.4 Å². The molecule has 2 nitrogen and oxygen atoms in total. The van der Waals surface area contributed by atoms with Gasteiger partial charge in [-0.1, -0.05) is 38.5 Å². The summed E-state index contributed by atoms with van der Waals surface area (Å²) in [6.07, 6.45) is 7.99. The molecule has 0 unspecified atom stereocenters. The van der Waals surface area contributed by atoms with E-state index < -0.39 is 0 Å². The molecule has 2 rings (SSSR count). The molecule has 1 N–H and O–H groups in total. The van der Waals surface area contributed by atoms with Crippen LogP contribution in [0, 0.1) is 5.41 Å². The van der Waals surface area contributed by atoms with Crippen LogP contribution in [0.25, 0.3) is 0 Å². The van der Waals surface area contributed by atoms with Gasteiger partial charge in [0, 0.05) is 18.3 Å². The number of aliphatic imine (C=N–C) groups is 1. The molecule has 92 valence electrons. The van der Waals surface area contributed by atoms with Crippen molar-refractivity contribution in [1.29, 1.82) is 0 Å². The molecule has 2 aliphatic rings. The topological polar surface area (TPSA) is 24.4 Å². The maximum absolute atomic E-state index is 4.76. The van der Waals surface area contributed by atoms with Crippen molar-refractivity contribution in [2.75, 3.05) is 12.3 Å². The number of nitrogens with zero attached hydrogens (tertiary/aromatic N) is 1. The van der Waals surface area contributed by atoms with Crippen LogP contribution in [-0.2, 0) is 0 Å². The SMILES string of the molecule is CCC1(CC)CN=C(NC2CCCC2)SC1. The Bertz CT molecular complexity index is 253.